The molecule has 1 amide bonds. The standard InChI is InChI=1S/C13H19FN2O/c1-13(2,7-8-15)16-12(17)9-10-5-3-4-6-11(10)14/h3-6H,7-9,15H2,1-2H3,(H,16,17). The van der Waals surface area contributed by atoms with Crippen LogP contribution in [0.25, 0.3) is 0 Å². The molecule has 3 nitrogen and oxygen atoms in total. The van der Waals surface area contributed by atoms with Crippen molar-refractivity contribution in [2.45, 2.75) is 32.2 Å². The van der Waals surface area contributed by atoms with Gasteiger partial charge in [0.2, 0.25) is 5.91 Å². The van der Waals surface area contributed by atoms with Crippen LogP contribution in [-0.4, -0.2) is 18.0 Å². The molecule has 94 valence electrons. The molecule has 0 radical (unpaired) electrons. The molecule has 1 aromatic carbocycles. The second-order valence-electron chi connectivity index (χ2n) is 4.74. The minimum atomic E-state index is -0.350. The van der Waals surface area contributed by atoms with E-state index in [-0.39, 0.29) is 23.7 Å². The first-order valence-electron chi connectivity index (χ1n) is 5.69. The van der Waals surface area contributed by atoms with Gasteiger partial charge in [0, 0.05) is 5.54 Å². The zero-order chi connectivity index (χ0) is 12.9. The van der Waals surface area contributed by atoms with Gasteiger partial charge in [0.15, 0.2) is 0 Å². The summed E-state index contributed by atoms with van der Waals surface area (Å²) in [6.45, 7) is 4.31. The van der Waals surface area contributed by atoms with Crippen molar-refractivity contribution in [2.75, 3.05) is 6.54 Å². The van der Waals surface area contributed by atoms with Crippen molar-refractivity contribution in [3.8, 4) is 0 Å². The fourth-order valence-electron chi connectivity index (χ4n) is 1.66. The first-order valence-corrected chi connectivity index (χ1v) is 5.69. The normalized spacial score (nSPS) is 11.3. The van der Waals surface area contributed by atoms with E-state index < -0.39 is 0 Å². The molecule has 0 aromatic heterocycles. The van der Waals surface area contributed by atoms with E-state index in [0.717, 1.165) is 0 Å². The van der Waals surface area contributed by atoms with Crippen LogP contribution in [0.1, 0.15) is 25.8 Å². The number of nitrogens with one attached hydrogen (secondary N) is 1. The van der Waals surface area contributed by atoms with Crippen LogP contribution in [0.15, 0.2) is 24.3 Å². The highest BCUT2D eigenvalue weighted by Gasteiger charge is 2.19. The fraction of sp³-hybridized carbons (Fsp3) is 0.462. The molecular weight excluding hydrogens is 219 g/mol. The molecule has 0 saturated heterocycles. The number of hydrogen-bond acceptors (Lipinski definition) is 2. The van der Waals surface area contributed by atoms with Gasteiger partial charge in [-0.3, -0.25) is 4.79 Å². The number of carbonyl (C=O) groups excluding carboxylic acids is 1. The number of amides is 1. The number of hydrogen-bond donors (Lipinski definition) is 2. The summed E-state index contributed by atoms with van der Waals surface area (Å²) in [6.07, 6.45) is 0.747. The lowest BCUT2D eigenvalue weighted by Crippen LogP contribution is -2.45. The highest BCUT2D eigenvalue weighted by Crippen LogP contribution is 2.10. The van der Waals surface area contributed by atoms with E-state index in [1.807, 2.05) is 13.8 Å². The molecule has 0 spiro atoms. The first-order chi connectivity index (χ1) is 7.94. The largest absolute Gasteiger partial charge is 0.351 e. The van der Waals surface area contributed by atoms with Gasteiger partial charge in [-0.2, -0.15) is 0 Å². The molecule has 0 aliphatic rings. The SMILES string of the molecule is CC(C)(CCN)NC(=O)Cc1ccccc1F. The predicted molar refractivity (Wildman–Crippen MR) is 66.0 cm³/mol. The summed E-state index contributed by atoms with van der Waals surface area (Å²) >= 11 is 0. The highest BCUT2D eigenvalue weighted by molar-refractivity contribution is 5.79. The Morgan fingerprint density at radius 1 is 1.41 bits per heavy atom. The molecule has 0 fully saturated rings. The maximum atomic E-state index is 13.3. The van der Waals surface area contributed by atoms with Gasteiger partial charge in [0.25, 0.3) is 0 Å². The molecule has 0 unspecified atom stereocenters. The second kappa shape index (κ2) is 5.77. The van der Waals surface area contributed by atoms with Crippen molar-refractivity contribution in [2.24, 2.45) is 5.73 Å². The van der Waals surface area contributed by atoms with Gasteiger partial charge in [-0.15, -0.1) is 0 Å². The first kappa shape index (κ1) is 13.6. The van der Waals surface area contributed by atoms with Crippen LogP contribution < -0.4 is 11.1 Å². The summed E-state index contributed by atoms with van der Waals surface area (Å²) < 4.78 is 13.3. The molecular formula is C13H19FN2O. The van der Waals surface area contributed by atoms with Crippen LogP contribution in [-0.2, 0) is 11.2 Å². The van der Waals surface area contributed by atoms with Crippen molar-refractivity contribution in [1.82, 2.24) is 5.32 Å². The Morgan fingerprint density at radius 2 is 2.06 bits per heavy atom. The lowest BCUT2D eigenvalue weighted by Gasteiger charge is -2.25. The van der Waals surface area contributed by atoms with E-state index in [1.54, 1.807) is 18.2 Å². The second-order valence-corrected chi connectivity index (χ2v) is 4.74. The van der Waals surface area contributed by atoms with Crippen LogP contribution in [0, 0.1) is 5.82 Å². The fourth-order valence-corrected chi connectivity index (χ4v) is 1.66. The van der Waals surface area contributed by atoms with E-state index in [2.05, 4.69) is 5.32 Å². The molecule has 0 bridgehead atoms. The van der Waals surface area contributed by atoms with Gasteiger partial charge < -0.3 is 11.1 Å². The lowest BCUT2D eigenvalue weighted by molar-refractivity contribution is -0.122. The molecule has 3 N–H and O–H groups in total. The topological polar surface area (TPSA) is 55.1 Å². The zero-order valence-electron chi connectivity index (χ0n) is 10.3. The van der Waals surface area contributed by atoms with E-state index in [9.17, 15) is 9.18 Å². The van der Waals surface area contributed by atoms with Crippen molar-refractivity contribution in [3.05, 3.63) is 35.6 Å². The number of halogens is 1. The van der Waals surface area contributed by atoms with Crippen molar-refractivity contribution >= 4 is 5.91 Å². The van der Waals surface area contributed by atoms with Crippen LogP contribution in [0.5, 0.6) is 0 Å². The van der Waals surface area contributed by atoms with Crippen LogP contribution >= 0.6 is 0 Å². The number of nitrogens with two attached hydrogens (primary N) is 1. The molecule has 1 aromatic rings. The average Bonchev–Trinajstić information content (AvgIpc) is 2.20. The summed E-state index contributed by atoms with van der Waals surface area (Å²) in [5, 5.41) is 2.85. The third-order valence-electron chi connectivity index (χ3n) is 2.56. The molecule has 17 heavy (non-hydrogen) atoms. The molecule has 0 saturated carbocycles. The summed E-state index contributed by atoms with van der Waals surface area (Å²) in [6, 6.07) is 6.30. The number of carbonyl (C=O) groups is 1. The highest BCUT2D eigenvalue weighted by atomic mass is 19.1. The van der Waals surface area contributed by atoms with Gasteiger partial charge in [-0.05, 0) is 38.4 Å². The lowest BCUT2D eigenvalue weighted by atomic mass is 10.00. The number of rotatable bonds is 5. The maximum absolute atomic E-state index is 13.3. The van der Waals surface area contributed by atoms with E-state index >= 15 is 0 Å². The third kappa shape index (κ3) is 4.53. The molecule has 0 heterocycles. The smallest absolute Gasteiger partial charge is 0.224 e. The summed E-state index contributed by atoms with van der Waals surface area (Å²) in [5.74, 6) is -0.534. The van der Waals surface area contributed by atoms with Gasteiger partial charge in [0.1, 0.15) is 5.82 Å². The van der Waals surface area contributed by atoms with Crippen molar-refractivity contribution < 1.29 is 9.18 Å². The van der Waals surface area contributed by atoms with Gasteiger partial charge >= 0.3 is 0 Å². The molecule has 4 heteroatoms. The summed E-state index contributed by atoms with van der Waals surface area (Å²) in [4.78, 5) is 11.7. The van der Waals surface area contributed by atoms with Crippen LogP contribution in [0.3, 0.4) is 0 Å². The molecule has 0 aliphatic heterocycles. The molecule has 0 atom stereocenters. The Kier molecular flexibility index (Phi) is 4.63. The van der Waals surface area contributed by atoms with Gasteiger partial charge in [0.05, 0.1) is 6.42 Å². The summed E-state index contributed by atoms with van der Waals surface area (Å²) in [7, 11) is 0. The maximum Gasteiger partial charge on any atom is 0.224 e. The Labute approximate surface area is 101 Å². The molecule has 1 rings (SSSR count). The molecule has 0 aliphatic carbocycles. The number of benzene rings is 1. The Balaban J connectivity index is 2.59. The van der Waals surface area contributed by atoms with Gasteiger partial charge in [-0.25, -0.2) is 4.39 Å². The minimum absolute atomic E-state index is 0.0562. The van der Waals surface area contributed by atoms with Crippen LogP contribution in [0.2, 0.25) is 0 Å². The Morgan fingerprint density at radius 3 is 2.65 bits per heavy atom. The zero-order valence-corrected chi connectivity index (χ0v) is 10.3. The van der Waals surface area contributed by atoms with Crippen molar-refractivity contribution in [3.63, 3.8) is 0 Å². The van der Waals surface area contributed by atoms with Gasteiger partial charge in [-0.1, -0.05) is 18.2 Å². The van der Waals surface area contributed by atoms with Crippen LogP contribution in [0.4, 0.5) is 4.39 Å². The van der Waals surface area contributed by atoms with E-state index in [1.165, 1.54) is 6.07 Å². The summed E-state index contributed by atoms with van der Waals surface area (Å²) in [5.41, 5.74) is 5.52. The Hall–Kier alpha value is -1.42. The third-order valence-corrected chi connectivity index (χ3v) is 2.56. The van der Waals surface area contributed by atoms with E-state index in [0.29, 0.717) is 18.5 Å². The van der Waals surface area contributed by atoms with E-state index in [4.69, 9.17) is 5.73 Å². The minimum Gasteiger partial charge on any atom is -0.351 e. The predicted octanol–water partition coefficient (Wildman–Crippen LogP) is 1.61. The quantitative estimate of drug-likeness (QED) is 0.819. The Bertz CT molecular complexity index is 391. The van der Waals surface area contributed by atoms with Crippen molar-refractivity contribution in [1.29, 1.82) is 0 Å². The monoisotopic (exact) mass is 238 g/mol. The average molecular weight is 238 g/mol.